The molecule has 3 nitrogen and oxygen atoms in total. The first-order valence-corrected chi connectivity index (χ1v) is 13.8. The molecule has 1 heterocycles. The first kappa shape index (κ1) is 23.4. The highest BCUT2D eigenvalue weighted by molar-refractivity contribution is 5.26. The Labute approximate surface area is 196 Å². The SMILES string of the molecule is C[C@H](CCC1(O)CCOCC1)[C@H]1CC[C@H]2[C@@H]3CC=C4C[C@@](C)(O)CC[C@]4(C)[C@H]3CC[C@]12C. The summed E-state index contributed by atoms with van der Waals surface area (Å²) < 4.78 is 5.49. The number of hydrogen-bond acceptors (Lipinski definition) is 3. The van der Waals surface area contributed by atoms with E-state index >= 15 is 0 Å². The molecule has 0 radical (unpaired) electrons. The average molecular weight is 445 g/mol. The molecule has 5 rings (SSSR count). The standard InChI is InChI=1S/C29H48O3/c1-20(9-12-29(31)15-17-32-18-16-29)23-7-8-24-22-6-5-21-19-26(2,30)13-14-27(21,3)25(22)10-11-28(23,24)4/h5,20,22-25,30-31H,6-19H2,1-4H3/t20-,22+,23-,24+,25+,26+,27+,28-/m1/s1. The summed E-state index contributed by atoms with van der Waals surface area (Å²) in [7, 11) is 0. The summed E-state index contributed by atoms with van der Waals surface area (Å²) in [6, 6.07) is 0. The van der Waals surface area contributed by atoms with Crippen molar-refractivity contribution in [3.8, 4) is 0 Å². The van der Waals surface area contributed by atoms with E-state index in [-0.39, 0.29) is 0 Å². The largest absolute Gasteiger partial charge is 0.390 e. The number of ether oxygens (including phenoxy) is 1. The Morgan fingerprint density at radius 1 is 0.969 bits per heavy atom. The Kier molecular flexibility index (Phi) is 5.91. The van der Waals surface area contributed by atoms with E-state index in [1.165, 1.54) is 38.5 Å². The van der Waals surface area contributed by atoms with Crippen LogP contribution in [-0.2, 0) is 4.74 Å². The lowest BCUT2D eigenvalue weighted by molar-refractivity contribution is -0.0804. The van der Waals surface area contributed by atoms with Gasteiger partial charge in [-0.15, -0.1) is 0 Å². The Bertz CT molecular complexity index is 735. The van der Waals surface area contributed by atoms with Crippen molar-refractivity contribution < 1.29 is 14.9 Å². The zero-order valence-electron chi connectivity index (χ0n) is 21.2. The Morgan fingerprint density at radius 2 is 1.72 bits per heavy atom. The number of rotatable bonds is 4. The predicted molar refractivity (Wildman–Crippen MR) is 129 cm³/mol. The van der Waals surface area contributed by atoms with Gasteiger partial charge in [-0.25, -0.2) is 0 Å². The van der Waals surface area contributed by atoms with Crippen molar-refractivity contribution >= 4 is 0 Å². The molecule has 2 N–H and O–H groups in total. The molecule has 0 aromatic rings. The minimum absolute atomic E-state index is 0.322. The molecule has 4 fully saturated rings. The molecule has 0 aromatic carbocycles. The fourth-order valence-corrected chi connectivity index (χ4v) is 9.48. The van der Waals surface area contributed by atoms with Crippen molar-refractivity contribution in [3.63, 3.8) is 0 Å². The van der Waals surface area contributed by atoms with Gasteiger partial charge >= 0.3 is 0 Å². The van der Waals surface area contributed by atoms with Gasteiger partial charge in [0.25, 0.3) is 0 Å². The van der Waals surface area contributed by atoms with Gasteiger partial charge < -0.3 is 14.9 Å². The highest BCUT2D eigenvalue weighted by atomic mass is 16.5. The molecular formula is C29H48O3. The second-order valence-corrected chi connectivity index (χ2v) is 13.5. The molecule has 32 heavy (non-hydrogen) atoms. The fourth-order valence-electron chi connectivity index (χ4n) is 9.48. The van der Waals surface area contributed by atoms with Crippen LogP contribution in [-0.4, -0.2) is 34.6 Å². The number of hydrogen-bond donors (Lipinski definition) is 2. The van der Waals surface area contributed by atoms with Crippen molar-refractivity contribution in [2.75, 3.05) is 13.2 Å². The Balaban J connectivity index is 1.29. The van der Waals surface area contributed by atoms with Gasteiger partial charge in [-0.05, 0) is 124 Å². The van der Waals surface area contributed by atoms with Crippen LogP contribution in [0.15, 0.2) is 11.6 Å². The lowest BCUT2D eigenvalue weighted by Gasteiger charge is -2.59. The average Bonchev–Trinajstić information content (AvgIpc) is 3.10. The molecule has 0 spiro atoms. The molecule has 1 aliphatic heterocycles. The van der Waals surface area contributed by atoms with Crippen LogP contribution in [0.25, 0.3) is 0 Å². The smallest absolute Gasteiger partial charge is 0.0691 e. The monoisotopic (exact) mass is 444 g/mol. The highest BCUT2D eigenvalue weighted by Crippen LogP contribution is 2.67. The maximum Gasteiger partial charge on any atom is 0.0691 e. The molecule has 0 unspecified atom stereocenters. The molecule has 3 heteroatoms. The molecule has 4 aliphatic carbocycles. The van der Waals surface area contributed by atoms with E-state index < -0.39 is 11.2 Å². The van der Waals surface area contributed by atoms with E-state index in [0.717, 1.165) is 75.4 Å². The van der Waals surface area contributed by atoms with Crippen LogP contribution in [0.1, 0.15) is 105 Å². The quantitative estimate of drug-likeness (QED) is 0.502. The zero-order valence-corrected chi connectivity index (χ0v) is 21.2. The van der Waals surface area contributed by atoms with Crippen molar-refractivity contribution in [1.82, 2.24) is 0 Å². The maximum absolute atomic E-state index is 11.0. The second kappa shape index (κ2) is 8.09. The summed E-state index contributed by atoms with van der Waals surface area (Å²) in [6.45, 7) is 11.1. The van der Waals surface area contributed by atoms with Crippen LogP contribution < -0.4 is 0 Å². The highest BCUT2D eigenvalue weighted by Gasteiger charge is 2.59. The molecular weight excluding hydrogens is 396 g/mol. The second-order valence-electron chi connectivity index (χ2n) is 13.5. The lowest BCUT2D eigenvalue weighted by atomic mass is 9.46. The summed E-state index contributed by atoms with van der Waals surface area (Å²) >= 11 is 0. The third kappa shape index (κ3) is 3.83. The maximum atomic E-state index is 11.0. The van der Waals surface area contributed by atoms with Crippen LogP contribution in [0.4, 0.5) is 0 Å². The molecule has 0 amide bonds. The Morgan fingerprint density at radius 3 is 2.47 bits per heavy atom. The summed E-state index contributed by atoms with van der Waals surface area (Å²) in [6.07, 6.45) is 16.1. The zero-order chi connectivity index (χ0) is 22.8. The molecule has 0 aromatic heterocycles. The van der Waals surface area contributed by atoms with Crippen LogP contribution in [0.3, 0.4) is 0 Å². The molecule has 5 aliphatic rings. The fraction of sp³-hybridized carbons (Fsp3) is 0.931. The molecule has 1 saturated heterocycles. The number of aliphatic hydroxyl groups is 2. The number of fused-ring (bicyclic) bond motifs is 5. The van der Waals surface area contributed by atoms with E-state index in [1.54, 1.807) is 5.57 Å². The predicted octanol–water partition coefficient (Wildman–Crippen LogP) is 6.27. The van der Waals surface area contributed by atoms with Crippen molar-refractivity contribution in [3.05, 3.63) is 11.6 Å². The van der Waals surface area contributed by atoms with Gasteiger partial charge in [-0.3, -0.25) is 0 Å². The first-order valence-electron chi connectivity index (χ1n) is 13.8. The third-order valence-corrected chi connectivity index (χ3v) is 11.6. The third-order valence-electron chi connectivity index (χ3n) is 11.6. The van der Waals surface area contributed by atoms with Crippen LogP contribution >= 0.6 is 0 Å². The minimum atomic E-state index is -0.496. The van der Waals surface area contributed by atoms with Crippen molar-refractivity contribution in [1.29, 1.82) is 0 Å². The molecule has 3 saturated carbocycles. The lowest BCUT2D eigenvalue weighted by Crippen LogP contribution is -2.52. The van der Waals surface area contributed by atoms with E-state index in [1.807, 2.05) is 6.92 Å². The normalized spacial score (nSPS) is 48.9. The Hall–Kier alpha value is -0.380. The van der Waals surface area contributed by atoms with Gasteiger partial charge in [-0.2, -0.15) is 0 Å². The van der Waals surface area contributed by atoms with Crippen molar-refractivity contribution in [2.45, 2.75) is 116 Å². The van der Waals surface area contributed by atoms with Crippen LogP contribution in [0.5, 0.6) is 0 Å². The summed E-state index contributed by atoms with van der Waals surface area (Å²) in [5.74, 6) is 4.01. The van der Waals surface area contributed by atoms with Crippen molar-refractivity contribution in [2.24, 2.45) is 40.4 Å². The molecule has 182 valence electrons. The van der Waals surface area contributed by atoms with Gasteiger partial charge in [0, 0.05) is 13.2 Å². The van der Waals surface area contributed by atoms with Gasteiger partial charge in [-0.1, -0.05) is 32.4 Å². The van der Waals surface area contributed by atoms with Gasteiger partial charge in [0.05, 0.1) is 11.2 Å². The summed E-state index contributed by atoms with van der Waals surface area (Å²) in [5.41, 5.74) is 1.39. The van der Waals surface area contributed by atoms with Gasteiger partial charge in [0.2, 0.25) is 0 Å². The van der Waals surface area contributed by atoms with E-state index in [2.05, 4.69) is 26.8 Å². The van der Waals surface area contributed by atoms with Crippen LogP contribution in [0, 0.1) is 40.4 Å². The van der Waals surface area contributed by atoms with Crippen LogP contribution in [0.2, 0.25) is 0 Å². The summed E-state index contributed by atoms with van der Waals surface area (Å²) in [5, 5.41) is 21.7. The number of allylic oxidation sites excluding steroid dienone is 1. The first-order chi connectivity index (χ1) is 15.1. The van der Waals surface area contributed by atoms with E-state index in [0.29, 0.717) is 16.7 Å². The van der Waals surface area contributed by atoms with Gasteiger partial charge in [0.1, 0.15) is 0 Å². The molecule has 0 bridgehead atoms. The molecule has 8 atom stereocenters. The van der Waals surface area contributed by atoms with Gasteiger partial charge in [0.15, 0.2) is 0 Å². The van der Waals surface area contributed by atoms with E-state index in [4.69, 9.17) is 4.74 Å². The minimum Gasteiger partial charge on any atom is -0.390 e. The summed E-state index contributed by atoms with van der Waals surface area (Å²) in [4.78, 5) is 0. The topological polar surface area (TPSA) is 49.7 Å². The van der Waals surface area contributed by atoms with E-state index in [9.17, 15) is 10.2 Å².